The zero-order valence-electron chi connectivity index (χ0n) is 10.1. The molecule has 0 amide bonds. The van der Waals surface area contributed by atoms with Crippen molar-refractivity contribution in [3.05, 3.63) is 46.9 Å². The Morgan fingerprint density at radius 1 is 1.35 bits per heavy atom. The van der Waals surface area contributed by atoms with E-state index in [9.17, 15) is 0 Å². The summed E-state index contributed by atoms with van der Waals surface area (Å²) in [5, 5.41) is 0. The molecule has 0 atom stereocenters. The van der Waals surface area contributed by atoms with Crippen molar-refractivity contribution in [1.29, 1.82) is 0 Å². The molecule has 0 aliphatic carbocycles. The molecule has 0 aliphatic heterocycles. The van der Waals surface area contributed by atoms with Gasteiger partial charge < -0.3 is 4.98 Å². The first-order chi connectivity index (χ1) is 8.16. The van der Waals surface area contributed by atoms with Crippen LogP contribution in [0.1, 0.15) is 19.4 Å². The first-order valence-electron chi connectivity index (χ1n) is 5.80. The molecule has 0 spiro atoms. The molecule has 1 aromatic heterocycles. The fourth-order valence-electron chi connectivity index (χ4n) is 1.87. The maximum Gasteiger partial charge on any atom is 0.129 e. The van der Waals surface area contributed by atoms with Gasteiger partial charge in [0, 0.05) is 18.0 Å². The monoisotopic (exact) mass is 244 g/mol. The van der Waals surface area contributed by atoms with E-state index < -0.39 is 0 Å². The van der Waals surface area contributed by atoms with Crippen LogP contribution in [0.25, 0.3) is 11.3 Å². The van der Waals surface area contributed by atoms with Crippen LogP contribution in [0.3, 0.4) is 0 Å². The van der Waals surface area contributed by atoms with Gasteiger partial charge in [-0.05, 0) is 24.0 Å². The predicted molar refractivity (Wildman–Crippen MR) is 73.4 cm³/mol. The molecule has 0 saturated heterocycles. The van der Waals surface area contributed by atoms with Crippen molar-refractivity contribution in [2.45, 2.75) is 20.3 Å². The van der Waals surface area contributed by atoms with Gasteiger partial charge in [0.2, 0.25) is 0 Å². The van der Waals surface area contributed by atoms with Crippen molar-refractivity contribution in [2.75, 3.05) is 0 Å². The number of aromatic amines is 1. The number of hydrogen-bond donors (Lipinski definition) is 1. The summed E-state index contributed by atoms with van der Waals surface area (Å²) >= 11 is 5.25. The Labute approximate surface area is 107 Å². The van der Waals surface area contributed by atoms with Crippen molar-refractivity contribution < 1.29 is 0 Å². The number of hydrogen-bond acceptors (Lipinski definition) is 2. The van der Waals surface area contributed by atoms with Crippen LogP contribution >= 0.6 is 12.2 Å². The molecule has 2 rings (SSSR count). The second-order valence-electron chi connectivity index (χ2n) is 4.57. The molecule has 0 unspecified atom stereocenters. The van der Waals surface area contributed by atoms with Crippen LogP contribution in [0.2, 0.25) is 0 Å². The van der Waals surface area contributed by atoms with Crippen molar-refractivity contribution in [2.24, 2.45) is 5.92 Å². The summed E-state index contributed by atoms with van der Waals surface area (Å²) in [6, 6.07) is 8.44. The highest BCUT2D eigenvalue weighted by Crippen LogP contribution is 2.19. The van der Waals surface area contributed by atoms with E-state index in [0.29, 0.717) is 10.6 Å². The quantitative estimate of drug-likeness (QED) is 0.827. The van der Waals surface area contributed by atoms with Crippen LogP contribution in [0, 0.1) is 10.6 Å². The lowest BCUT2D eigenvalue weighted by Gasteiger charge is -2.07. The number of rotatable bonds is 3. The van der Waals surface area contributed by atoms with E-state index in [-0.39, 0.29) is 0 Å². The van der Waals surface area contributed by atoms with Gasteiger partial charge in [0.05, 0.1) is 0 Å². The third kappa shape index (κ3) is 3.01. The van der Waals surface area contributed by atoms with Crippen LogP contribution in [0.15, 0.2) is 36.7 Å². The molecule has 0 aliphatic rings. The van der Waals surface area contributed by atoms with Crippen molar-refractivity contribution in [3.63, 3.8) is 0 Å². The fraction of sp³-hybridized carbons (Fsp3) is 0.286. The predicted octanol–water partition coefficient (Wildman–Crippen LogP) is 4.00. The number of nitrogens with one attached hydrogen (secondary N) is 1. The summed E-state index contributed by atoms with van der Waals surface area (Å²) in [5.74, 6) is 0.656. The average molecular weight is 244 g/mol. The lowest BCUT2D eigenvalue weighted by atomic mass is 10.0. The Morgan fingerprint density at radius 3 is 2.88 bits per heavy atom. The molecule has 0 fully saturated rings. The Bertz CT molecular complexity index is 558. The summed E-state index contributed by atoms with van der Waals surface area (Å²) in [7, 11) is 0. The van der Waals surface area contributed by atoms with Gasteiger partial charge in [-0.15, -0.1) is 0 Å². The lowest BCUT2D eigenvalue weighted by Crippen LogP contribution is -1.95. The normalized spacial score (nSPS) is 10.8. The standard InChI is InChI=1S/C14H16N2S/c1-10(2)8-11-4-3-5-12(9-11)13-14(17)16-7-6-15-13/h3-7,9-10H,8H2,1-2H3,(H,16,17). The second kappa shape index (κ2) is 5.23. The van der Waals surface area contributed by atoms with Crippen LogP contribution < -0.4 is 0 Å². The number of H-pyrrole nitrogens is 1. The molecule has 1 heterocycles. The zero-order valence-corrected chi connectivity index (χ0v) is 10.9. The van der Waals surface area contributed by atoms with E-state index in [0.717, 1.165) is 17.7 Å². The average Bonchev–Trinajstić information content (AvgIpc) is 2.29. The number of benzene rings is 1. The Balaban J connectivity index is 2.40. The van der Waals surface area contributed by atoms with Gasteiger partial charge >= 0.3 is 0 Å². The van der Waals surface area contributed by atoms with Gasteiger partial charge in [0.15, 0.2) is 0 Å². The molecule has 1 N–H and O–H groups in total. The molecular weight excluding hydrogens is 228 g/mol. The molecule has 2 nitrogen and oxygen atoms in total. The summed E-state index contributed by atoms with van der Waals surface area (Å²) in [6.45, 7) is 4.44. The zero-order chi connectivity index (χ0) is 12.3. The van der Waals surface area contributed by atoms with Crippen molar-refractivity contribution in [1.82, 2.24) is 9.97 Å². The highest BCUT2D eigenvalue weighted by atomic mass is 32.1. The molecule has 2 aromatic rings. The van der Waals surface area contributed by atoms with E-state index in [2.05, 4.69) is 48.1 Å². The molecular formula is C14H16N2S. The molecule has 1 aromatic carbocycles. The van der Waals surface area contributed by atoms with Gasteiger partial charge in [-0.3, -0.25) is 4.98 Å². The number of nitrogens with zero attached hydrogens (tertiary/aromatic N) is 1. The smallest absolute Gasteiger partial charge is 0.129 e. The summed E-state index contributed by atoms with van der Waals surface area (Å²) in [4.78, 5) is 7.34. The first-order valence-corrected chi connectivity index (χ1v) is 6.20. The first kappa shape index (κ1) is 12.0. The third-order valence-corrected chi connectivity index (χ3v) is 2.86. The van der Waals surface area contributed by atoms with E-state index in [1.54, 1.807) is 12.4 Å². The van der Waals surface area contributed by atoms with Gasteiger partial charge in [-0.1, -0.05) is 44.3 Å². The van der Waals surface area contributed by atoms with Gasteiger partial charge in [0.1, 0.15) is 10.3 Å². The van der Waals surface area contributed by atoms with Crippen LogP contribution in [0.4, 0.5) is 0 Å². The summed E-state index contributed by atoms with van der Waals surface area (Å²) < 4.78 is 0.689. The Morgan fingerprint density at radius 2 is 2.18 bits per heavy atom. The molecule has 17 heavy (non-hydrogen) atoms. The van der Waals surface area contributed by atoms with Crippen molar-refractivity contribution in [3.8, 4) is 11.3 Å². The van der Waals surface area contributed by atoms with Crippen LogP contribution in [-0.4, -0.2) is 9.97 Å². The van der Waals surface area contributed by atoms with Gasteiger partial charge in [0.25, 0.3) is 0 Å². The van der Waals surface area contributed by atoms with Gasteiger partial charge in [-0.2, -0.15) is 0 Å². The molecule has 0 bridgehead atoms. The highest BCUT2D eigenvalue weighted by molar-refractivity contribution is 7.71. The maximum atomic E-state index is 5.25. The van der Waals surface area contributed by atoms with Crippen molar-refractivity contribution >= 4 is 12.2 Å². The minimum absolute atomic E-state index is 0.656. The second-order valence-corrected chi connectivity index (χ2v) is 4.97. The van der Waals surface area contributed by atoms with Gasteiger partial charge in [-0.25, -0.2) is 0 Å². The highest BCUT2D eigenvalue weighted by Gasteiger charge is 2.03. The summed E-state index contributed by atoms with van der Waals surface area (Å²) in [6.07, 6.45) is 4.57. The Kier molecular flexibility index (Phi) is 3.69. The maximum absolute atomic E-state index is 5.25. The van der Waals surface area contributed by atoms with E-state index in [1.807, 2.05) is 0 Å². The van der Waals surface area contributed by atoms with E-state index in [4.69, 9.17) is 12.2 Å². The topological polar surface area (TPSA) is 28.7 Å². The molecule has 0 saturated carbocycles. The van der Waals surface area contributed by atoms with E-state index >= 15 is 0 Å². The van der Waals surface area contributed by atoms with E-state index in [1.165, 1.54) is 5.56 Å². The van der Waals surface area contributed by atoms with Crippen LogP contribution in [0.5, 0.6) is 0 Å². The molecule has 3 heteroatoms. The molecule has 88 valence electrons. The minimum atomic E-state index is 0.656. The minimum Gasteiger partial charge on any atom is -0.350 e. The largest absolute Gasteiger partial charge is 0.350 e. The van der Waals surface area contributed by atoms with Crippen LogP contribution in [-0.2, 0) is 6.42 Å². The third-order valence-electron chi connectivity index (χ3n) is 2.55. The fourth-order valence-corrected chi connectivity index (χ4v) is 2.11. The lowest BCUT2D eigenvalue weighted by molar-refractivity contribution is 0.647. The SMILES string of the molecule is CC(C)Cc1cccc(-c2ncc[nH]c2=S)c1. The Hall–Kier alpha value is -1.48. The summed E-state index contributed by atoms with van der Waals surface area (Å²) in [5.41, 5.74) is 3.27. The molecule has 0 radical (unpaired) electrons. The number of aromatic nitrogens is 2.